The van der Waals surface area contributed by atoms with E-state index in [0.717, 1.165) is 44.2 Å². The van der Waals surface area contributed by atoms with Gasteiger partial charge in [0.2, 0.25) is 0 Å². The van der Waals surface area contributed by atoms with E-state index in [2.05, 4.69) is 91.0 Å². The summed E-state index contributed by atoms with van der Waals surface area (Å²) < 4.78 is 6.38. The smallest absolute Gasteiger partial charge is 0.167 e. The molecular formula is C41H25N3O. The monoisotopic (exact) mass is 575 g/mol. The summed E-state index contributed by atoms with van der Waals surface area (Å²) in [6, 6.07) is 52.3. The Hall–Kier alpha value is -6.13. The largest absolute Gasteiger partial charge is 0.455 e. The molecule has 4 heteroatoms. The Bertz CT molecular complexity index is 2550. The van der Waals surface area contributed by atoms with Crippen LogP contribution in [0.4, 0.5) is 0 Å². The first kappa shape index (κ1) is 25.4. The van der Waals surface area contributed by atoms with Crippen molar-refractivity contribution in [1.82, 2.24) is 15.0 Å². The Balaban J connectivity index is 1.26. The summed E-state index contributed by atoms with van der Waals surface area (Å²) in [5, 5.41) is 7.03. The Morgan fingerprint density at radius 3 is 1.89 bits per heavy atom. The lowest BCUT2D eigenvalue weighted by Gasteiger charge is -2.12. The predicted molar refractivity (Wildman–Crippen MR) is 184 cm³/mol. The molecule has 0 saturated heterocycles. The average molecular weight is 576 g/mol. The number of para-hydroxylation sites is 2. The van der Waals surface area contributed by atoms with Crippen LogP contribution in [0.5, 0.6) is 0 Å². The molecule has 2 aromatic heterocycles. The maximum atomic E-state index is 6.38. The van der Waals surface area contributed by atoms with Gasteiger partial charge in [-0.3, -0.25) is 0 Å². The molecule has 0 aliphatic rings. The highest BCUT2D eigenvalue weighted by Crippen LogP contribution is 2.38. The van der Waals surface area contributed by atoms with Crippen LogP contribution >= 0.6 is 0 Å². The Kier molecular flexibility index (Phi) is 5.78. The molecule has 0 atom stereocenters. The molecule has 0 N–H and O–H groups in total. The summed E-state index contributed by atoms with van der Waals surface area (Å²) in [6.45, 7) is 0. The number of furan rings is 1. The number of rotatable bonds is 4. The van der Waals surface area contributed by atoms with Crippen LogP contribution in [0.15, 0.2) is 156 Å². The quantitative estimate of drug-likeness (QED) is 0.196. The van der Waals surface area contributed by atoms with Crippen molar-refractivity contribution >= 4 is 43.5 Å². The third-order valence-corrected chi connectivity index (χ3v) is 8.51. The average Bonchev–Trinajstić information content (AvgIpc) is 3.50. The molecule has 0 aliphatic carbocycles. The zero-order chi connectivity index (χ0) is 29.7. The van der Waals surface area contributed by atoms with E-state index in [1.165, 1.54) is 27.1 Å². The van der Waals surface area contributed by atoms with E-state index in [9.17, 15) is 0 Å². The maximum absolute atomic E-state index is 6.38. The molecule has 9 rings (SSSR count). The van der Waals surface area contributed by atoms with Crippen molar-refractivity contribution in [3.63, 3.8) is 0 Å². The van der Waals surface area contributed by atoms with Crippen molar-refractivity contribution in [2.75, 3.05) is 0 Å². The molecule has 0 fully saturated rings. The lowest BCUT2D eigenvalue weighted by molar-refractivity contribution is 0.669. The fraction of sp³-hybridized carbons (Fsp3) is 0. The van der Waals surface area contributed by atoms with Crippen molar-refractivity contribution in [2.24, 2.45) is 0 Å². The summed E-state index contributed by atoms with van der Waals surface area (Å²) in [4.78, 5) is 15.1. The van der Waals surface area contributed by atoms with Crippen LogP contribution < -0.4 is 0 Å². The van der Waals surface area contributed by atoms with Gasteiger partial charge in [0, 0.05) is 21.9 Å². The molecule has 4 nitrogen and oxygen atoms in total. The molecule has 0 bridgehead atoms. The van der Waals surface area contributed by atoms with Crippen LogP contribution in [0.25, 0.3) is 88.8 Å². The molecular weight excluding hydrogens is 550 g/mol. The first-order valence-corrected chi connectivity index (χ1v) is 15.0. The Morgan fingerprint density at radius 2 is 0.978 bits per heavy atom. The van der Waals surface area contributed by atoms with Crippen molar-refractivity contribution in [2.45, 2.75) is 0 Å². The third-order valence-electron chi connectivity index (χ3n) is 8.51. The summed E-state index contributed by atoms with van der Waals surface area (Å²) in [7, 11) is 0. The third kappa shape index (κ3) is 4.27. The summed E-state index contributed by atoms with van der Waals surface area (Å²) >= 11 is 0. The van der Waals surface area contributed by atoms with Gasteiger partial charge in [0.15, 0.2) is 17.5 Å². The molecule has 0 unspecified atom stereocenters. The van der Waals surface area contributed by atoms with Crippen LogP contribution in [0.2, 0.25) is 0 Å². The second-order valence-corrected chi connectivity index (χ2v) is 11.2. The van der Waals surface area contributed by atoms with Crippen LogP contribution in [-0.2, 0) is 0 Å². The molecule has 2 heterocycles. The van der Waals surface area contributed by atoms with Gasteiger partial charge in [-0.25, -0.2) is 15.0 Å². The van der Waals surface area contributed by atoms with E-state index >= 15 is 0 Å². The van der Waals surface area contributed by atoms with Crippen molar-refractivity contribution in [3.05, 3.63) is 152 Å². The SMILES string of the molecule is c1ccc(-c2nc(-c3cccc(-c4cccc5ccc6ccccc6c45)c3)nc(-c3cccc4c3oc3ccccc34)n2)cc1. The molecule has 45 heavy (non-hydrogen) atoms. The number of benzene rings is 7. The fourth-order valence-electron chi connectivity index (χ4n) is 6.39. The molecule has 0 amide bonds. The highest BCUT2D eigenvalue weighted by molar-refractivity contribution is 6.14. The Morgan fingerprint density at radius 1 is 0.378 bits per heavy atom. The summed E-state index contributed by atoms with van der Waals surface area (Å²) in [5.74, 6) is 1.80. The van der Waals surface area contributed by atoms with Crippen molar-refractivity contribution in [3.8, 4) is 45.3 Å². The van der Waals surface area contributed by atoms with Gasteiger partial charge < -0.3 is 4.42 Å². The van der Waals surface area contributed by atoms with E-state index in [0.29, 0.717) is 17.5 Å². The number of hydrogen-bond acceptors (Lipinski definition) is 4. The lowest BCUT2D eigenvalue weighted by atomic mass is 9.93. The van der Waals surface area contributed by atoms with Gasteiger partial charge in [-0.2, -0.15) is 0 Å². The second kappa shape index (κ2) is 10.2. The highest BCUT2D eigenvalue weighted by Gasteiger charge is 2.18. The fourth-order valence-corrected chi connectivity index (χ4v) is 6.39. The minimum Gasteiger partial charge on any atom is -0.455 e. The standard InChI is InChI=1S/C41H25N3O/c1-2-12-28(13-3-1)39-42-40(44-41(43-39)35-21-10-20-34-33-18-6-7-22-36(33)45-38(34)35)30-16-8-15-29(25-30)32-19-9-14-27-24-23-26-11-4-5-17-31(26)37(27)32/h1-25H. The van der Waals surface area contributed by atoms with E-state index in [-0.39, 0.29) is 0 Å². The van der Waals surface area contributed by atoms with Gasteiger partial charge in [0.05, 0.1) is 5.56 Å². The molecule has 0 radical (unpaired) electrons. The van der Waals surface area contributed by atoms with Crippen molar-refractivity contribution < 1.29 is 4.42 Å². The van der Waals surface area contributed by atoms with E-state index < -0.39 is 0 Å². The van der Waals surface area contributed by atoms with Gasteiger partial charge in [-0.05, 0) is 50.9 Å². The van der Waals surface area contributed by atoms with Crippen molar-refractivity contribution in [1.29, 1.82) is 0 Å². The number of nitrogens with zero attached hydrogens (tertiary/aromatic N) is 3. The maximum Gasteiger partial charge on any atom is 0.167 e. The highest BCUT2D eigenvalue weighted by atomic mass is 16.3. The molecule has 0 aliphatic heterocycles. The number of fused-ring (bicyclic) bond motifs is 6. The second-order valence-electron chi connectivity index (χ2n) is 11.2. The van der Waals surface area contributed by atoms with E-state index in [1.807, 2.05) is 60.7 Å². The number of hydrogen-bond donors (Lipinski definition) is 0. The van der Waals surface area contributed by atoms with E-state index in [1.54, 1.807) is 0 Å². The Labute approximate surface area is 259 Å². The van der Waals surface area contributed by atoms with Crippen LogP contribution in [0.3, 0.4) is 0 Å². The lowest BCUT2D eigenvalue weighted by Crippen LogP contribution is -2.00. The topological polar surface area (TPSA) is 51.8 Å². The minimum absolute atomic E-state index is 0.574. The van der Waals surface area contributed by atoms with Crippen LogP contribution in [0.1, 0.15) is 0 Å². The molecule has 9 aromatic rings. The predicted octanol–water partition coefficient (Wildman–Crippen LogP) is 10.7. The van der Waals surface area contributed by atoms with Gasteiger partial charge in [-0.15, -0.1) is 0 Å². The van der Waals surface area contributed by atoms with Crippen LogP contribution in [-0.4, -0.2) is 15.0 Å². The zero-order valence-corrected chi connectivity index (χ0v) is 24.2. The minimum atomic E-state index is 0.574. The molecule has 7 aromatic carbocycles. The van der Waals surface area contributed by atoms with E-state index in [4.69, 9.17) is 19.4 Å². The summed E-state index contributed by atoms with van der Waals surface area (Å²) in [5.41, 5.74) is 6.58. The molecule has 0 spiro atoms. The van der Waals surface area contributed by atoms with Gasteiger partial charge in [0.25, 0.3) is 0 Å². The summed E-state index contributed by atoms with van der Waals surface area (Å²) in [6.07, 6.45) is 0. The van der Waals surface area contributed by atoms with Gasteiger partial charge in [-0.1, -0.05) is 133 Å². The normalized spacial score (nSPS) is 11.6. The molecule has 210 valence electrons. The molecule has 0 saturated carbocycles. The zero-order valence-electron chi connectivity index (χ0n) is 24.2. The van der Waals surface area contributed by atoms with Gasteiger partial charge >= 0.3 is 0 Å². The number of aromatic nitrogens is 3. The van der Waals surface area contributed by atoms with Crippen LogP contribution in [0, 0.1) is 0 Å². The first-order valence-electron chi connectivity index (χ1n) is 15.0. The van der Waals surface area contributed by atoms with Gasteiger partial charge in [0.1, 0.15) is 11.2 Å². The first-order chi connectivity index (χ1) is 22.3.